The van der Waals surface area contributed by atoms with Gasteiger partial charge in [-0.15, -0.1) is 0 Å². The van der Waals surface area contributed by atoms with Crippen LogP contribution < -0.4 is 5.32 Å². The second-order valence-electron chi connectivity index (χ2n) is 11.4. The van der Waals surface area contributed by atoms with Gasteiger partial charge in [-0.2, -0.15) is 5.10 Å². The molecule has 3 aromatic rings. The number of anilines is 1. The fourth-order valence-corrected chi connectivity index (χ4v) is 6.57. The first-order valence-corrected chi connectivity index (χ1v) is 14.5. The fourth-order valence-electron chi connectivity index (χ4n) is 6.57. The van der Waals surface area contributed by atoms with Crippen molar-refractivity contribution in [3.8, 4) is 0 Å². The maximum atomic E-state index is 15.4. The van der Waals surface area contributed by atoms with E-state index in [2.05, 4.69) is 21.5 Å². The highest BCUT2D eigenvalue weighted by Gasteiger charge is 2.45. The zero-order chi connectivity index (χ0) is 27.7. The van der Waals surface area contributed by atoms with Crippen LogP contribution in [0.25, 0.3) is 10.9 Å². The zero-order valence-corrected chi connectivity index (χ0v) is 22.7. The first-order valence-electron chi connectivity index (χ1n) is 14.5. The maximum absolute atomic E-state index is 15.4. The summed E-state index contributed by atoms with van der Waals surface area (Å²) in [6.07, 6.45) is 6.48. The van der Waals surface area contributed by atoms with Crippen molar-refractivity contribution in [2.24, 2.45) is 5.92 Å². The molecule has 0 bridgehead atoms. The number of carboxylic acid groups (broad SMARTS) is 1. The highest BCUT2D eigenvalue weighted by Crippen LogP contribution is 2.41. The fraction of sp³-hybridized carbons (Fsp3) is 0.567. The van der Waals surface area contributed by atoms with Gasteiger partial charge in [-0.3, -0.25) is 14.4 Å². The number of hydrogen-bond acceptors (Lipinski definition) is 6. The Morgan fingerprint density at radius 3 is 2.95 bits per heavy atom. The van der Waals surface area contributed by atoms with Crippen molar-refractivity contribution in [1.29, 1.82) is 0 Å². The molecule has 0 saturated carbocycles. The summed E-state index contributed by atoms with van der Waals surface area (Å²) in [6, 6.07) is 8.66. The van der Waals surface area contributed by atoms with Crippen LogP contribution in [0.4, 0.5) is 14.6 Å². The van der Waals surface area contributed by atoms with Crippen LogP contribution in [0.15, 0.2) is 36.5 Å². The van der Waals surface area contributed by atoms with E-state index in [9.17, 15) is 9.90 Å². The summed E-state index contributed by atoms with van der Waals surface area (Å²) in [7, 11) is 0. The standard InChI is InChI=1S/C30H37F2N5O3/c31-30(32,13-2-1-7-23-10-9-20-6-4-14-33-28(20)35-23)22-11-15-36(18-22)27(29(38)39)25-8-3-5-21-17-34-37(26(21)25)24-12-16-40-19-24/h3,5,8-10,17,22,24,27H,1-2,4,6-7,11-16,18-19H2,(H,33,35)(H,38,39)/t22?,24-,27?/m0/s1. The number of aliphatic carboxylic acids is 1. The van der Waals surface area contributed by atoms with E-state index in [0.29, 0.717) is 44.6 Å². The first-order chi connectivity index (χ1) is 19.4. The van der Waals surface area contributed by atoms with Gasteiger partial charge in [-0.25, -0.2) is 13.8 Å². The highest BCUT2D eigenvalue weighted by molar-refractivity contribution is 5.88. The average molecular weight is 554 g/mol. The van der Waals surface area contributed by atoms with Gasteiger partial charge < -0.3 is 15.2 Å². The van der Waals surface area contributed by atoms with Crippen molar-refractivity contribution >= 4 is 22.7 Å². The Morgan fingerprint density at radius 2 is 2.12 bits per heavy atom. The van der Waals surface area contributed by atoms with Gasteiger partial charge in [0.1, 0.15) is 11.9 Å². The number of rotatable bonds is 10. The van der Waals surface area contributed by atoms with Crippen molar-refractivity contribution < 1.29 is 23.4 Å². The largest absolute Gasteiger partial charge is 0.480 e. The van der Waals surface area contributed by atoms with E-state index >= 15 is 8.78 Å². The molecule has 8 nitrogen and oxygen atoms in total. The number of unbranched alkanes of at least 4 members (excludes halogenated alkanes) is 1. The topological polar surface area (TPSA) is 92.5 Å². The Morgan fingerprint density at radius 1 is 1.23 bits per heavy atom. The number of likely N-dealkylation sites (tertiary alicyclic amines) is 1. The molecule has 2 N–H and O–H groups in total. The highest BCUT2D eigenvalue weighted by atomic mass is 19.3. The number of para-hydroxylation sites is 1. The lowest BCUT2D eigenvalue weighted by atomic mass is 9.95. The van der Waals surface area contributed by atoms with Crippen LogP contribution in [0.2, 0.25) is 0 Å². The molecule has 2 unspecified atom stereocenters. The smallest absolute Gasteiger partial charge is 0.325 e. The summed E-state index contributed by atoms with van der Waals surface area (Å²) in [6.45, 7) is 2.46. The van der Waals surface area contributed by atoms with Crippen LogP contribution in [0.5, 0.6) is 0 Å². The summed E-state index contributed by atoms with van der Waals surface area (Å²) >= 11 is 0. The van der Waals surface area contributed by atoms with Crippen LogP contribution in [0, 0.1) is 5.92 Å². The van der Waals surface area contributed by atoms with Crippen molar-refractivity contribution in [3.63, 3.8) is 0 Å². The SMILES string of the molecule is O=C(O)C(c1cccc2cnn([C@H]3CCOC3)c12)N1CCC(C(F)(F)CCCCc2ccc3c(n2)NCCC3)C1. The van der Waals surface area contributed by atoms with Crippen LogP contribution >= 0.6 is 0 Å². The molecule has 0 radical (unpaired) electrons. The summed E-state index contributed by atoms with van der Waals surface area (Å²) < 4.78 is 38.1. The van der Waals surface area contributed by atoms with E-state index in [0.717, 1.165) is 48.2 Å². The molecule has 3 aliphatic heterocycles. The molecule has 10 heteroatoms. The van der Waals surface area contributed by atoms with E-state index in [1.165, 1.54) is 5.56 Å². The minimum Gasteiger partial charge on any atom is -0.480 e. The second kappa shape index (κ2) is 11.4. The van der Waals surface area contributed by atoms with Crippen LogP contribution in [0.1, 0.15) is 67.4 Å². The number of fused-ring (bicyclic) bond motifs is 2. The second-order valence-corrected chi connectivity index (χ2v) is 11.4. The molecule has 5 heterocycles. The molecule has 3 atom stereocenters. The van der Waals surface area contributed by atoms with Gasteiger partial charge in [0.2, 0.25) is 0 Å². The van der Waals surface area contributed by atoms with E-state index in [1.807, 2.05) is 22.9 Å². The lowest BCUT2D eigenvalue weighted by Crippen LogP contribution is -2.36. The minimum absolute atomic E-state index is 0.0384. The third-order valence-corrected chi connectivity index (χ3v) is 8.76. The van der Waals surface area contributed by atoms with Crippen molar-refractivity contribution in [3.05, 3.63) is 53.3 Å². The molecular formula is C30H37F2N5O3. The minimum atomic E-state index is -2.85. The quantitative estimate of drug-likeness (QED) is 0.332. The van der Waals surface area contributed by atoms with Crippen LogP contribution in [-0.2, 0) is 22.4 Å². The van der Waals surface area contributed by atoms with Gasteiger partial charge in [0, 0.05) is 48.7 Å². The molecule has 214 valence electrons. The van der Waals surface area contributed by atoms with Crippen molar-refractivity contribution in [2.75, 3.05) is 38.2 Å². The predicted molar refractivity (Wildman–Crippen MR) is 148 cm³/mol. The molecule has 0 amide bonds. The first kappa shape index (κ1) is 27.1. The number of nitrogens with zero attached hydrogens (tertiary/aromatic N) is 4. The molecule has 3 aliphatic rings. The number of halogens is 2. The predicted octanol–water partition coefficient (Wildman–Crippen LogP) is 5.25. The number of hydrogen-bond donors (Lipinski definition) is 2. The van der Waals surface area contributed by atoms with Crippen LogP contribution in [0.3, 0.4) is 0 Å². The number of aryl methyl sites for hydroxylation is 2. The Kier molecular flexibility index (Phi) is 7.72. The van der Waals surface area contributed by atoms with Crippen molar-refractivity contribution in [2.45, 2.75) is 69.4 Å². The summed E-state index contributed by atoms with van der Waals surface area (Å²) in [5.74, 6) is -3.81. The third kappa shape index (κ3) is 5.43. The molecule has 2 saturated heterocycles. The maximum Gasteiger partial charge on any atom is 0.325 e. The summed E-state index contributed by atoms with van der Waals surface area (Å²) in [4.78, 5) is 19.0. The third-order valence-electron chi connectivity index (χ3n) is 8.76. The number of benzene rings is 1. The number of carboxylic acids is 1. The average Bonchev–Trinajstić information content (AvgIpc) is 3.72. The zero-order valence-electron chi connectivity index (χ0n) is 22.7. The number of carbonyl (C=O) groups is 1. The molecule has 1 aromatic carbocycles. The molecule has 0 aliphatic carbocycles. The summed E-state index contributed by atoms with van der Waals surface area (Å²) in [5.41, 5.74) is 3.52. The normalized spacial score (nSPS) is 22.4. The number of alkyl halides is 2. The number of nitrogens with one attached hydrogen (secondary N) is 1. The van der Waals surface area contributed by atoms with Crippen molar-refractivity contribution in [1.82, 2.24) is 19.7 Å². The Balaban J connectivity index is 1.10. The van der Waals surface area contributed by atoms with Gasteiger partial charge >= 0.3 is 5.97 Å². The molecule has 2 aromatic heterocycles. The van der Waals surface area contributed by atoms with Crippen LogP contribution in [-0.4, -0.2) is 69.5 Å². The van der Waals surface area contributed by atoms with E-state index in [-0.39, 0.29) is 25.4 Å². The summed E-state index contributed by atoms with van der Waals surface area (Å²) in [5, 5.41) is 19.0. The molecule has 0 spiro atoms. The Labute approximate surface area is 232 Å². The van der Waals surface area contributed by atoms with Gasteiger partial charge in [-0.1, -0.05) is 24.3 Å². The van der Waals surface area contributed by atoms with Gasteiger partial charge in [0.05, 0.1) is 24.4 Å². The molecular weight excluding hydrogens is 516 g/mol. The monoisotopic (exact) mass is 553 g/mol. The number of pyridine rings is 1. The van der Waals surface area contributed by atoms with E-state index in [1.54, 1.807) is 17.2 Å². The lowest BCUT2D eigenvalue weighted by molar-refractivity contribution is -0.143. The molecule has 40 heavy (non-hydrogen) atoms. The molecule has 6 rings (SSSR count). The van der Waals surface area contributed by atoms with E-state index < -0.39 is 23.9 Å². The molecule has 2 fully saturated rings. The van der Waals surface area contributed by atoms with Gasteiger partial charge in [0.25, 0.3) is 5.92 Å². The Hall–Kier alpha value is -3.11. The number of ether oxygens (including phenoxy) is 1. The Bertz CT molecular complexity index is 1360. The van der Waals surface area contributed by atoms with Gasteiger partial charge in [0.15, 0.2) is 0 Å². The lowest BCUT2D eigenvalue weighted by Gasteiger charge is -2.28. The van der Waals surface area contributed by atoms with E-state index in [4.69, 9.17) is 4.74 Å². The number of aromatic nitrogens is 3. The van der Waals surface area contributed by atoms with Gasteiger partial charge in [-0.05, 0) is 63.1 Å².